The fourth-order valence-electron chi connectivity index (χ4n) is 1.51. The van der Waals surface area contributed by atoms with Crippen LogP contribution in [0.5, 0.6) is 5.75 Å². The van der Waals surface area contributed by atoms with Gasteiger partial charge < -0.3 is 15.7 Å². The Morgan fingerprint density at radius 3 is 2.56 bits per heavy atom. The lowest BCUT2D eigenvalue weighted by Gasteiger charge is -2.16. The summed E-state index contributed by atoms with van der Waals surface area (Å²) < 4.78 is 13.0. The zero-order valence-corrected chi connectivity index (χ0v) is 10.8. The third kappa shape index (κ3) is 4.71. The quantitative estimate of drug-likeness (QED) is 0.747. The SMILES string of the molecule is CC(C)NC(=O)C(C)NCc1cc(O)cc(F)c1. The predicted molar refractivity (Wildman–Crippen MR) is 67.6 cm³/mol. The molecule has 0 heterocycles. The van der Waals surface area contributed by atoms with Gasteiger partial charge in [-0.3, -0.25) is 4.79 Å². The molecule has 1 rings (SSSR count). The van der Waals surface area contributed by atoms with Crippen molar-refractivity contribution in [1.29, 1.82) is 0 Å². The minimum absolute atomic E-state index is 0.0833. The van der Waals surface area contributed by atoms with E-state index in [0.29, 0.717) is 12.1 Å². The second-order valence-electron chi connectivity index (χ2n) is 4.58. The number of amides is 1. The molecular weight excluding hydrogens is 235 g/mol. The number of rotatable bonds is 5. The van der Waals surface area contributed by atoms with Gasteiger partial charge in [-0.25, -0.2) is 4.39 Å². The van der Waals surface area contributed by atoms with Crippen LogP contribution >= 0.6 is 0 Å². The van der Waals surface area contributed by atoms with Crippen molar-refractivity contribution >= 4 is 5.91 Å². The maximum atomic E-state index is 13.0. The molecule has 1 atom stereocenters. The van der Waals surface area contributed by atoms with Gasteiger partial charge in [0.2, 0.25) is 5.91 Å². The number of halogens is 1. The van der Waals surface area contributed by atoms with Gasteiger partial charge in [-0.05, 0) is 38.5 Å². The third-order valence-electron chi connectivity index (χ3n) is 2.38. The second-order valence-corrected chi connectivity index (χ2v) is 4.58. The monoisotopic (exact) mass is 254 g/mol. The van der Waals surface area contributed by atoms with Gasteiger partial charge >= 0.3 is 0 Å². The molecule has 0 aliphatic carbocycles. The van der Waals surface area contributed by atoms with Gasteiger partial charge in [-0.15, -0.1) is 0 Å². The molecule has 0 saturated carbocycles. The van der Waals surface area contributed by atoms with E-state index >= 15 is 0 Å². The topological polar surface area (TPSA) is 61.4 Å². The first-order chi connectivity index (χ1) is 8.38. The van der Waals surface area contributed by atoms with Crippen LogP contribution in [-0.4, -0.2) is 23.1 Å². The lowest BCUT2D eigenvalue weighted by Crippen LogP contribution is -2.44. The zero-order chi connectivity index (χ0) is 13.7. The van der Waals surface area contributed by atoms with E-state index in [1.807, 2.05) is 13.8 Å². The molecule has 0 radical (unpaired) electrons. The lowest BCUT2D eigenvalue weighted by molar-refractivity contribution is -0.123. The van der Waals surface area contributed by atoms with Gasteiger partial charge in [0.05, 0.1) is 6.04 Å². The summed E-state index contributed by atoms with van der Waals surface area (Å²) in [4.78, 5) is 11.6. The van der Waals surface area contributed by atoms with Gasteiger partial charge in [0.1, 0.15) is 11.6 Å². The summed E-state index contributed by atoms with van der Waals surface area (Å²) in [5.74, 6) is -0.720. The lowest BCUT2D eigenvalue weighted by atomic mass is 10.2. The largest absolute Gasteiger partial charge is 0.508 e. The highest BCUT2D eigenvalue weighted by Crippen LogP contribution is 2.14. The number of aromatic hydroxyl groups is 1. The molecule has 1 unspecified atom stereocenters. The van der Waals surface area contributed by atoms with Crippen molar-refractivity contribution in [3.8, 4) is 5.75 Å². The van der Waals surface area contributed by atoms with E-state index in [1.54, 1.807) is 6.92 Å². The van der Waals surface area contributed by atoms with Crippen molar-refractivity contribution in [2.45, 2.75) is 39.4 Å². The molecule has 0 aliphatic rings. The first-order valence-electron chi connectivity index (χ1n) is 5.90. The van der Waals surface area contributed by atoms with E-state index in [-0.39, 0.29) is 23.7 Å². The molecule has 1 aromatic rings. The van der Waals surface area contributed by atoms with Crippen molar-refractivity contribution in [1.82, 2.24) is 10.6 Å². The Morgan fingerprint density at radius 2 is 2.00 bits per heavy atom. The number of hydrogen-bond acceptors (Lipinski definition) is 3. The maximum absolute atomic E-state index is 13.0. The molecule has 0 aromatic heterocycles. The third-order valence-corrected chi connectivity index (χ3v) is 2.38. The Morgan fingerprint density at radius 1 is 1.33 bits per heavy atom. The zero-order valence-electron chi connectivity index (χ0n) is 10.8. The summed E-state index contributed by atoms with van der Waals surface area (Å²) in [5.41, 5.74) is 0.594. The number of phenolic OH excluding ortho intramolecular Hbond substituents is 1. The van der Waals surface area contributed by atoms with Crippen LogP contribution in [0.2, 0.25) is 0 Å². The molecule has 0 saturated heterocycles. The van der Waals surface area contributed by atoms with Crippen molar-refractivity contribution < 1.29 is 14.3 Å². The number of nitrogens with one attached hydrogen (secondary N) is 2. The van der Waals surface area contributed by atoms with Crippen LogP contribution in [0.1, 0.15) is 26.3 Å². The first kappa shape index (κ1) is 14.4. The number of phenols is 1. The summed E-state index contributed by atoms with van der Waals surface area (Å²) in [7, 11) is 0. The van der Waals surface area contributed by atoms with Crippen molar-refractivity contribution in [2.24, 2.45) is 0 Å². The molecular formula is C13H19FN2O2. The van der Waals surface area contributed by atoms with Gasteiger partial charge in [0.15, 0.2) is 0 Å². The average molecular weight is 254 g/mol. The Labute approximate surface area is 106 Å². The Bertz CT molecular complexity index is 401. The van der Waals surface area contributed by atoms with Crippen molar-refractivity contribution in [3.63, 3.8) is 0 Å². The Balaban J connectivity index is 2.51. The molecule has 4 nitrogen and oxygen atoms in total. The van der Waals surface area contributed by atoms with E-state index in [4.69, 9.17) is 0 Å². The molecule has 0 spiro atoms. The Kier molecular flexibility index (Phi) is 5.09. The highest BCUT2D eigenvalue weighted by atomic mass is 19.1. The maximum Gasteiger partial charge on any atom is 0.237 e. The van der Waals surface area contributed by atoms with Crippen molar-refractivity contribution in [3.05, 3.63) is 29.6 Å². The molecule has 3 N–H and O–H groups in total. The van der Waals surface area contributed by atoms with Crippen LogP contribution in [0.15, 0.2) is 18.2 Å². The number of carbonyl (C=O) groups is 1. The van der Waals surface area contributed by atoms with Crippen LogP contribution in [-0.2, 0) is 11.3 Å². The second kappa shape index (κ2) is 6.35. The molecule has 0 bridgehead atoms. The molecule has 1 aromatic carbocycles. The van der Waals surface area contributed by atoms with Crippen LogP contribution < -0.4 is 10.6 Å². The van der Waals surface area contributed by atoms with E-state index in [1.165, 1.54) is 12.1 Å². The molecule has 5 heteroatoms. The van der Waals surface area contributed by atoms with Crippen LogP contribution in [0.25, 0.3) is 0 Å². The van der Waals surface area contributed by atoms with Gasteiger partial charge in [0.25, 0.3) is 0 Å². The van der Waals surface area contributed by atoms with Crippen LogP contribution in [0.4, 0.5) is 4.39 Å². The van der Waals surface area contributed by atoms with E-state index in [9.17, 15) is 14.3 Å². The molecule has 18 heavy (non-hydrogen) atoms. The first-order valence-corrected chi connectivity index (χ1v) is 5.90. The molecule has 0 fully saturated rings. The summed E-state index contributed by atoms with van der Waals surface area (Å²) in [6.07, 6.45) is 0. The smallest absolute Gasteiger partial charge is 0.237 e. The molecule has 1 amide bonds. The van der Waals surface area contributed by atoms with Gasteiger partial charge in [-0.1, -0.05) is 0 Å². The molecule has 0 aliphatic heterocycles. The number of benzene rings is 1. The summed E-state index contributed by atoms with van der Waals surface area (Å²) in [5, 5.41) is 15.0. The van der Waals surface area contributed by atoms with Crippen LogP contribution in [0.3, 0.4) is 0 Å². The summed E-state index contributed by atoms with van der Waals surface area (Å²) in [6.45, 7) is 5.82. The van der Waals surface area contributed by atoms with Crippen molar-refractivity contribution in [2.75, 3.05) is 0 Å². The fourth-order valence-corrected chi connectivity index (χ4v) is 1.51. The average Bonchev–Trinajstić information content (AvgIpc) is 2.23. The normalized spacial score (nSPS) is 12.5. The van der Waals surface area contributed by atoms with E-state index in [0.717, 1.165) is 6.07 Å². The standard InChI is InChI=1S/C13H19FN2O2/c1-8(2)16-13(18)9(3)15-7-10-4-11(14)6-12(17)5-10/h4-6,8-9,15,17H,7H2,1-3H3,(H,16,18). The predicted octanol–water partition coefficient (Wildman–Crippen LogP) is 1.53. The van der Waals surface area contributed by atoms with E-state index in [2.05, 4.69) is 10.6 Å². The number of hydrogen-bond donors (Lipinski definition) is 3. The number of carbonyl (C=O) groups excluding carboxylic acids is 1. The highest BCUT2D eigenvalue weighted by Gasteiger charge is 2.12. The Hall–Kier alpha value is -1.62. The summed E-state index contributed by atoms with van der Waals surface area (Å²) >= 11 is 0. The van der Waals surface area contributed by atoms with Gasteiger partial charge in [-0.2, -0.15) is 0 Å². The molecule has 100 valence electrons. The minimum Gasteiger partial charge on any atom is -0.508 e. The summed E-state index contributed by atoms with van der Waals surface area (Å²) in [6, 6.07) is 3.53. The van der Waals surface area contributed by atoms with Crippen LogP contribution in [0, 0.1) is 5.82 Å². The highest BCUT2D eigenvalue weighted by molar-refractivity contribution is 5.81. The van der Waals surface area contributed by atoms with Gasteiger partial charge in [0, 0.05) is 18.7 Å². The van der Waals surface area contributed by atoms with E-state index < -0.39 is 5.82 Å². The fraction of sp³-hybridized carbons (Fsp3) is 0.462. The minimum atomic E-state index is -0.494.